The molecule has 1 heterocycles. The van der Waals surface area contributed by atoms with E-state index in [0.717, 1.165) is 50.0 Å². The van der Waals surface area contributed by atoms with E-state index in [4.69, 9.17) is 11.6 Å². The van der Waals surface area contributed by atoms with Gasteiger partial charge in [-0.2, -0.15) is 0 Å². The Bertz CT molecular complexity index is 1020. The highest BCUT2D eigenvalue weighted by atomic mass is 35.5. The zero-order chi connectivity index (χ0) is 23.8. The number of carbonyl (C=O) groups is 1. The summed E-state index contributed by atoms with van der Waals surface area (Å²) in [6.45, 7) is 11.9. The van der Waals surface area contributed by atoms with E-state index in [9.17, 15) is 4.79 Å². The lowest BCUT2D eigenvalue weighted by Crippen LogP contribution is -2.34. The summed E-state index contributed by atoms with van der Waals surface area (Å²) in [6.07, 6.45) is 5.52. The second-order valence-corrected chi connectivity index (χ2v) is 9.32. The second kappa shape index (κ2) is 12.2. The lowest BCUT2D eigenvalue weighted by Gasteiger charge is -2.21. The number of hydrogen-bond acceptors (Lipinski definition) is 2. The highest BCUT2D eigenvalue weighted by molar-refractivity contribution is 6.30. The molecular weight excluding hydrogens is 430 g/mol. The van der Waals surface area contributed by atoms with Crippen LogP contribution in [-0.4, -0.2) is 41.5 Å². The van der Waals surface area contributed by atoms with Gasteiger partial charge in [-0.15, -0.1) is 0 Å². The summed E-state index contributed by atoms with van der Waals surface area (Å²) in [4.78, 5) is 19.0. The monoisotopic (exact) mass is 467 g/mol. The van der Waals surface area contributed by atoms with Gasteiger partial charge in [-0.05, 0) is 74.6 Å². The number of amides is 1. The van der Waals surface area contributed by atoms with Crippen molar-refractivity contribution in [3.05, 3.63) is 70.4 Å². The zero-order valence-corrected chi connectivity index (χ0v) is 21.2. The SMILES string of the molecule is CCc1cccc2c([C@@H](CC(=O)N[C@H](C)CCCN(CC)CC)c3ccc(Cl)cc3)c[nH]c12. The number of benzene rings is 2. The van der Waals surface area contributed by atoms with Gasteiger partial charge < -0.3 is 15.2 Å². The molecule has 0 aliphatic heterocycles. The van der Waals surface area contributed by atoms with Crippen LogP contribution in [0.2, 0.25) is 5.02 Å². The molecule has 1 aromatic heterocycles. The Morgan fingerprint density at radius 3 is 2.48 bits per heavy atom. The summed E-state index contributed by atoms with van der Waals surface area (Å²) < 4.78 is 0. The molecule has 0 fully saturated rings. The average Bonchev–Trinajstić information content (AvgIpc) is 3.25. The molecular formula is C28H38ClN3O. The van der Waals surface area contributed by atoms with Crippen molar-refractivity contribution >= 4 is 28.4 Å². The van der Waals surface area contributed by atoms with Crippen molar-refractivity contribution in [2.75, 3.05) is 19.6 Å². The first-order valence-electron chi connectivity index (χ1n) is 12.3. The van der Waals surface area contributed by atoms with Crippen molar-refractivity contribution in [3.63, 3.8) is 0 Å². The predicted octanol–water partition coefficient (Wildman–Crippen LogP) is 6.53. The molecule has 0 saturated heterocycles. The van der Waals surface area contributed by atoms with Crippen molar-refractivity contribution in [2.24, 2.45) is 0 Å². The molecule has 178 valence electrons. The number of aromatic nitrogens is 1. The molecule has 0 spiro atoms. The molecule has 0 unspecified atom stereocenters. The molecule has 5 heteroatoms. The van der Waals surface area contributed by atoms with Gasteiger partial charge in [0, 0.05) is 40.5 Å². The average molecular weight is 468 g/mol. The van der Waals surface area contributed by atoms with Crippen molar-refractivity contribution in [1.82, 2.24) is 15.2 Å². The summed E-state index contributed by atoms with van der Waals surface area (Å²) in [5.41, 5.74) is 4.72. The van der Waals surface area contributed by atoms with Crippen LogP contribution in [0.15, 0.2) is 48.7 Å². The number of aromatic amines is 1. The Morgan fingerprint density at radius 1 is 1.09 bits per heavy atom. The zero-order valence-electron chi connectivity index (χ0n) is 20.5. The third-order valence-corrected chi connectivity index (χ3v) is 6.92. The highest BCUT2D eigenvalue weighted by Crippen LogP contribution is 2.35. The molecule has 2 N–H and O–H groups in total. The summed E-state index contributed by atoms with van der Waals surface area (Å²) in [7, 11) is 0. The summed E-state index contributed by atoms with van der Waals surface area (Å²) in [5.74, 6) is 0.0530. The number of rotatable bonds is 12. The maximum absolute atomic E-state index is 13.1. The number of para-hydroxylation sites is 1. The number of aryl methyl sites for hydroxylation is 1. The maximum atomic E-state index is 13.1. The summed E-state index contributed by atoms with van der Waals surface area (Å²) in [6, 6.07) is 14.5. The smallest absolute Gasteiger partial charge is 0.221 e. The first-order chi connectivity index (χ1) is 16.0. The quantitative estimate of drug-likeness (QED) is 0.318. The summed E-state index contributed by atoms with van der Waals surface area (Å²) in [5, 5.41) is 5.13. The van der Waals surface area contributed by atoms with Crippen LogP contribution in [0.4, 0.5) is 0 Å². The van der Waals surface area contributed by atoms with E-state index in [-0.39, 0.29) is 17.9 Å². The number of halogens is 1. The molecule has 4 nitrogen and oxygen atoms in total. The van der Waals surface area contributed by atoms with Gasteiger partial charge in [-0.1, -0.05) is 62.7 Å². The summed E-state index contributed by atoms with van der Waals surface area (Å²) >= 11 is 6.15. The first-order valence-corrected chi connectivity index (χ1v) is 12.7. The minimum Gasteiger partial charge on any atom is -0.361 e. The predicted molar refractivity (Wildman–Crippen MR) is 140 cm³/mol. The van der Waals surface area contributed by atoms with Crippen LogP contribution in [0.1, 0.15) is 69.6 Å². The topological polar surface area (TPSA) is 48.1 Å². The fraction of sp³-hybridized carbons (Fsp3) is 0.464. The van der Waals surface area contributed by atoms with Gasteiger partial charge in [0.2, 0.25) is 5.91 Å². The van der Waals surface area contributed by atoms with E-state index in [0.29, 0.717) is 11.4 Å². The van der Waals surface area contributed by atoms with Gasteiger partial charge >= 0.3 is 0 Å². The number of carbonyl (C=O) groups excluding carboxylic acids is 1. The Morgan fingerprint density at radius 2 is 1.82 bits per heavy atom. The number of fused-ring (bicyclic) bond motifs is 1. The van der Waals surface area contributed by atoms with Gasteiger partial charge in [-0.3, -0.25) is 4.79 Å². The number of H-pyrrole nitrogens is 1. The largest absolute Gasteiger partial charge is 0.361 e. The second-order valence-electron chi connectivity index (χ2n) is 8.88. The van der Waals surface area contributed by atoms with Gasteiger partial charge in [0.1, 0.15) is 0 Å². The molecule has 2 atom stereocenters. The van der Waals surface area contributed by atoms with Crippen LogP contribution in [0.25, 0.3) is 10.9 Å². The Kier molecular flexibility index (Phi) is 9.40. The van der Waals surface area contributed by atoms with Crippen LogP contribution in [-0.2, 0) is 11.2 Å². The van der Waals surface area contributed by atoms with E-state index in [1.54, 1.807) is 0 Å². The molecule has 1 amide bonds. The third-order valence-electron chi connectivity index (χ3n) is 6.67. The van der Waals surface area contributed by atoms with Crippen LogP contribution < -0.4 is 5.32 Å². The lowest BCUT2D eigenvalue weighted by atomic mass is 9.87. The van der Waals surface area contributed by atoms with Crippen LogP contribution in [0.3, 0.4) is 0 Å². The van der Waals surface area contributed by atoms with Crippen LogP contribution in [0.5, 0.6) is 0 Å². The molecule has 33 heavy (non-hydrogen) atoms. The molecule has 3 rings (SSSR count). The molecule has 0 radical (unpaired) electrons. The van der Waals surface area contributed by atoms with Crippen molar-refractivity contribution in [2.45, 2.75) is 65.3 Å². The molecule has 0 aliphatic carbocycles. The first kappa shape index (κ1) is 25.3. The maximum Gasteiger partial charge on any atom is 0.221 e. The molecule has 3 aromatic rings. The standard InChI is InChI=1S/C28H38ClN3O/c1-5-21-11-8-12-24-26(19-30-28(21)24)25(22-13-15-23(29)16-14-22)18-27(33)31-20(4)10-9-17-32(6-2)7-3/h8,11-16,19-20,25,30H,5-7,9-10,17-18H2,1-4H3,(H,31,33)/t20-,25+/m1/s1. The fourth-order valence-electron chi connectivity index (χ4n) is 4.68. The van der Waals surface area contributed by atoms with Crippen molar-refractivity contribution < 1.29 is 4.79 Å². The minimum absolute atomic E-state index is 0.0361. The lowest BCUT2D eigenvalue weighted by molar-refractivity contribution is -0.121. The van der Waals surface area contributed by atoms with Gasteiger partial charge in [-0.25, -0.2) is 0 Å². The van der Waals surface area contributed by atoms with E-state index in [2.05, 4.69) is 67.3 Å². The number of nitrogens with one attached hydrogen (secondary N) is 2. The van der Waals surface area contributed by atoms with Crippen LogP contribution in [0, 0.1) is 0 Å². The number of hydrogen-bond donors (Lipinski definition) is 2. The third kappa shape index (κ3) is 6.61. The van der Waals surface area contributed by atoms with Gasteiger partial charge in [0.05, 0.1) is 0 Å². The van der Waals surface area contributed by atoms with Gasteiger partial charge in [0.15, 0.2) is 0 Å². The molecule has 0 saturated carbocycles. The van der Waals surface area contributed by atoms with Gasteiger partial charge in [0.25, 0.3) is 0 Å². The Balaban J connectivity index is 1.76. The van der Waals surface area contributed by atoms with E-state index in [1.807, 2.05) is 24.3 Å². The van der Waals surface area contributed by atoms with E-state index < -0.39 is 0 Å². The number of nitrogens with zero attached hydrogens (tertiary/aromatic N) is 1. The highest BCUT2D eigenvalue weighted by Gasteiger charge is 2.23. The minimum atomic E-state index is -0.0361. The Labute approximate surface area is 203 Å². The van der Waals surface area contributed by atoms with Crippen molar-refractivity contribution in [3.8, 4) is 0 Å². The molecule has 0 aliphatic rings. The normalized spacial score (nSPS) is 13.4. The van der Waals surface area contributed by atoms with E-state index >= 15 is 0 Å². The fourth-order valence-corrected chi connectivity index (χ4v) is 4.80. The Hall–Kier alpha value is -2.30. The molecule has 2 aromatic carbocycles. The van der Waals surface area contributed by atoms with E-state index in [1.165, 1.54) is 16.5 Å². The van der Waals surface area contributed by atoms with Crippen LogP contribution >= 0.6 is 11.6 Å². The molecule has 0 bridgehead atoms. The van der Waals surface area contributed by atoms with Crippen molar-refractivity contribution in [1.29, 1.82) is 0 Å².